The van der Waals surface area contributed by atoms with E-state index < -0.39 is 0 Å². The smallest absolute Gasteiger partial charge is 0.285 e. The molecular formula is C132H237N5O6. The highest BCUT2D eigenvalue weighted by molar-refractivity contribution is 6.20. The number of allylic oxidation sites excluding steroid dienone is 24. The fraction of sp³-hybridized carbons (Fsp3) is 0.742. The van der Waals surface area contributed by atoms with Crippen molar-refractivity contribution in [2.45, 2.75) is 595 Å². The molecule has 0 bridgehead atoms. The van der Waals surface area contributed by atoms with Crippen molar-refractivity contribution in [1.82, 2.24) is 14.9 Å². The van der Waals surface area contributed by atoms with E-state index in [9.17, 15) is 14.4 Å². The Morgan fingerprint density at radius 3 is 0.685 bits per heavy atom. The fourth-order valence-corrected chi connectivity index (χ4v) is 17.3. The van der Waals surface area contributed by atoms with Crippen molar-refractivity contribution in [3.8, 4) is 0 Å². The van der Waals surface area contributed by atoms with Gasteiger partial charge < -0.3 is 19.5 Å². The molecule has 0 saturated heterocycles. The minimum atomic E-state index is -0.320. The highest BCUT2D eigenvalue weighted by atomic mass is 16.7. The molecule has 2 amide bonds. The van der Waals surface area contributed by atoms with Crippen molar-refractivity contribution in [3.63, 3.8) is 0 Å². The number of nitrogens with two attached hydrogens (primary N) is 1. The van der Waals surface area contributed by atoms with Gasteiger partial charge in [-0.25, -0.2) is 5.90 Å². The molecule has 1 aliphatic heterocycles. The molecule has 0 aliphatic carbocycles. The number of benzene rings is 1. The van der Waals surface area contributed by atoms with Gasteiger partial charge in [-0.3, -0.25) is 19.2 Å². The number of Topliss-reactive ketones (excluding diaryl/α,β-unsaturated/α-hetero) is 1. The molecule has 1 aromatic carbocycles. The summed E-state index contributed by atoms with van der Waals surface area (Å²) in [4.78, 5) is 58.0. The zero-order chi connectivity index (χ0) is 104. The second-order valence-electron chi connectivity index (χ2n) is 41.5. The summed E-state index contributed by atoms with van der Waals surface area (Å²) in [6, 6.07) is 7.05. The second-order valence-corrected chi connectivity index (χ2v) is 41.5. The van der Waals surface area contributed by atoms with Gasteiger partial charge in [0.15, 0.2) is 0 Å². The number of oxime groups is 1. The van der Waals surface area contributed by atoms with Crippen LogP contribution in [0.4, 0.5) is 0 Å². The molecule has 0 radical (unpaired) electrons. The molecule has 826 valence electrons. The topological polar surface area (TPSA) is 127 Å². The van der Waals surface area contributed by atoms with E-state index in [1.54, 1.807) is 31.2 Å². The van der Waals surface area contributed by atoms with Gasteiger partial charge in [0.2, 0.25) is 0 Å². The van der Waals surface area contributed by atoms with Gasteiger partial charge in [-0.2, -0.15) is 0 Å². The van der Waals surface area contributed by atoms with E-state index in [0.29, 0.717) is 17.5 Å². The van der Waals surface area contributed by atoms with E-state index in [4.69, 9.17) is 20.4 Å². The molecule has 1 heterocycles. The molecule has 1 aliphatic rings. The van der Waals surface area contributed by atoms with Gasteiger partial charge in [-0.15, -0.1) is 5.06 Å². The predicted octanol–water partition coefficient (Wildman–Crippen LogP) is 41.9. The van der Waals surface area contributed by atoms with Crippen LogP contribution in [0.15, 0.2) is 175 Å². The summed E-state index contributed by atoms with van der Waals surface area (Å²) in [7, 11) is 8.16. The molecule has 11 nitrogen and oxygen atoms in total. The standard InChI is InChI=1S/C45H71NO3.C43H80N2O.C37H69NO.C6H13NO.CH4/c1-3-5-7-9-11-13-15-17-19-21-23-25-27-29-31-33-37-41(49-46-44(47)42-39-35-36-40-43(42)45(46)48)38-34-32-30-28-26-24-22-20-18-16-14-12-10-8-6-4-2;1-6-8-10-12-14-16-18-20-22-24-26-28-30-32-34-36-38-43(46-44-42(3)40-41-45(4)5)39-37-35-33-31-29-27-25-23-21-19-17-15-13-11-9-7-2;1-3-5-7-9-11-13-15-17-19-21-23-25-27-29-31-33-35-37(39-38)36-34-32-30-28-26-24-22-20-18-16-14-12-10-8-6-4-2;1-6(8)4-5-7(2)3;/h11-14,17-20,35-36,39-41H,3-10,15-16,21-34,37-38H2,1-2H3;14-17,20-23,43H,6-13,18-19,24-41H2,1-5H3;11-14,17-20,37H,3-10,15-16,21-36,38H2,1-2H3;4-5H2,1-3H3;1H4/b13-11-,14-12-,19-17-,20-18-;16-14-,17-15-,22-20-,23-21-,44-42?;13-11-,14-12-,19-17-,20-18-;;. The Bertz CT molecular complexity index is 3060. The highest BCUT2D eigenvalue weighted by Gasteiger charge is 2.38. The predicted molar refractivity (Wildman–Crippen MR) is 636 cm³/mol. The molecule has 1 aromatic rings. The third-order valence-corrected chi connectivity index (χ3v) is 26.8. The quantitative estimate of drug-likeness (QED) is 0.0223. The lowest BCUT2D eigenvalue weighted by atomic mass is 10.0. The summed E-state index contributed by atoms with van der Waals surface area (Å²) in [6.45, 7) is 19.2. The van der Waals surface area contributed by atoms with E-state index in [2.05, 4.69) is 218 Å². The molecule has 0 unspecified atom stereocenters. The maximum atomic E-state index is 13.0. The fourth-order valence-electron chi connectivity index (χ4n) is 17.3. The number of unbranched alkanes of at least 4 members (excludes halogenated alkanes) is 54. The van der Waals surface area contributed by atoms with Crippen LogP contribution >= 0.6 is 0 Å². The van der Waals surface area contributed by atoms with Crippen LogP contribution in [0.25, 0.3) is 0 Å². The van der Waals surface area contributed by atoms with Crippen molar-refractivity contribution < 1.29 is 28.9 Å². The average Bonchev–Trinajstić information content (AvgIpc) is 1.64. The Morgan fingerprint density at radius 1 is 0.287 bits per heavy atom. The van der Waals surface area contributed by atoms with Crippen molar-refractivity contribution in [1.29, 1.82) is 0 Å². The van der Waals surface area contributed by atoms with E-state index in [0.717, 1.165) is 120 Å². The van der Waals surface area contributed by atoms with Crippen LogP contribution in [-0.4, -0.2) is 97.8 Å². The number of imide groups is 1. The molecule has 2 N–H and O–H groups in total. The SMILES string of the molecule is C.CC(=O)CCN(C)C.CCCCC/C=C\C/C=C\CCCCCCCCC(CCCCCCCC/C=C\C/C=C\CCCCC)ON.CCCCC/C=C\C/C=C\CCCCCCCCC(CCCCCCCC/C=C\C/C=C\CCCCC)ON1C(=O)c2ccccc2C1=O.CCCCC/C=C\C/C=C\CCCCCCCCC(CCCCCCCC/C=C\C/C=C\CCCCC)ON=C(C)CCN(C)C. The van der Waals surface area contributed by atoms with Crippen LogP contribution in [-0.2, 0) is 19.3 Å². The van der Waals surface area contributed by atoms with Crippen LogP contribution in [0, 0.1) is 0 Å². The van der Waals surface area contributed by atoms with Crippen molar-refractivity contribution in [3.05, 3.63) is 181 Å². The van der Waals surface area contributed by atoms with Gasteiger partial charge in [0.1, 0.15) is 11.9 Å². The van der Waals surface area contributed by atoms with E-state index in [-0.39, 0.29) is 43.3 Å². The first-order valence-corrected chi connectivity index (χ1v) is 60.5. The molecule has 11 heteroatoms. The number of hydrogen-bond donors (Lipinski definition) is 1. The van der Waals surface area contributed by atoms with Crippen molar-refractivity contribution >= 4 is 23.3 Å². The number of rotatable bonds is 101. The minimum absolute atomic E-state index is 0. The number of fused-ring (bicyclic) bond motifs is 1. The Morgan fingerprint density at radius 2 is 0.483 bits per heavy atom. The van der Waals surface area contributed by atoms with Gasteiger partial charge in [0.05, 0.1) is 29.0 Å². The monoisotopic (exact) mass is 1990 g/mol. The maximum absolute atomic E-state index is 13.0. The van der Waals surface area contributed by atoms with Crippen LogP contribution in [0.3, 0.4) is 0 Å². The average molecular weight is 1990 g/mol. The summed E-state index contributed by atoms with van der Waals surface area (Å²) in [6.07, 6.45) is 156. The Balaban J connectivity index is -0.00000198. The first kappa shape index (κ1) is 141. The number of hydrogen-bond acceptors (Lipinski definition) is 10. The number of amides is 2. The van der Waals surface area contributed by atoms with E-state index in [1.165, 1.54) is 411 Å². The Kier molecular flexibility index (Phi) is 118. The van der Waals surface area contributed by atoms with E-state index >= 15 is 0 Å². The third-order valence-electron chi connectivity index (χ3n) is 26.8. The number of carbonyl (C=O) groups excluding carboxylic acids is 3. The van der Waals surface area contributed by atoms with Crippen LogP contribution < -0.4 is 5.90 Å². The highest BCUT2D eigenvalue weighted by Crippen LogP contribution is 2.28. The number of nitrogens with zero attached hydrogens (tertiary/aromatic N) is 4. The molecule has 0 aromatic heterocycles. The van der Waals surface area contributed by atoms with Crippen LogP contribution in [0.1, 0.15) is 597 Å². The van der Waals surface area contributed by atoms with Crippen LogP contribution in [0.2, 0.25) is 0 Å². The summed E-state index contributed by atoms with van der Waals surface area (Å²) in [5, 5.41) is 5.59. The van der Waals surface area contributed by atoms with Crippen LogP contribution in [0.5, 0.6) is 0 Å². The van der Waals surface area contributed by atoms with Crippen molar-refractivity contribution in [2.75, 3.05) is 41.3 Å². The lowest BCUT2D eigenvalue weighted by molar-refractivity contribution is -0.137. The zero-order valence-electron chi connectivity index (χ0n) is 95.7. The molecule has 0 fully saturated rings. The second kappa shape index (κ2) is 120. The molecule has 0 atom stereocenters. The van der Waals surface area contributed by atoms with Gasteiger partial charge in [0, 0.05) is 25.9 Å². The lowest BCUT2D eigenvalue weighted by Crippen LogP contribution is -2.34. The van der Waals surface area contributed by atoms with Gasteiger partial charge in [0.25, 0.3) is 11.8 Å². The normalized spacial score (nSPS) is 12.8. The Hall–Kier alpha value is -5.82. The molecule has 2 rings (SSSR count). The molecule has 143 heavy (non-hydrogen) atoms. The van der Waals surface area contributed by atoms with Crippen molar-refractivity contribution in [2.24, 2.45) is 11.1 Å². The lowest BCUT2D eigenvalue weighted by Gasteiger charge is -2.22. The summed E-state index contributed by atoms with van der Waals surface area (Å²) < 4.78 is 0. The first-order valence-electron chi connectivity index (χ1n) is 60.5. The number of carbonyl (C=O) groups is 3. The maximum Gasteiger partial charge on any atom is 0.285 e. The molecule has 0 spiro atoms. The minimum Gasteiger partial charge on any atom is -0.393 e. The van der Waals surface area contributed by atoms with Gasteiger partial charge >= 0.3 is 0 Å². The third kappa shape index (κ3) is 109. The summed E-state index contributed by atoms with van der Waals surface area (Å²) in [5.74, 6) is 5.21. The van der Waals surface area contributed by atoms with Gasteiger partial charge in [-0.1, -0.05) is 469 Å². The summed E-state index contributed by atoms with van der Waals surface area (Å²) >= 11 is 0. The van der Waals surface area contributed by atoms with Gasteiger partial charge in [-0.05, 0) is 298 Å². The first-order chi connectivity index (χ1) is 69.8. The Labute approximate surface area is 889 Å². The molecule has 0 saturated carbocycles. The largest absolute Gasteiger partial charge is 0.393 e. The zero-order valence-corrected chi connectivity index (χ0v) is 95.7. The number of ketones is 1. The number of hydroxylamine groups is 2. The summed E-state index contributed by atoms with van der Waals surface area (Å²) in [5.41, 5.74) is 2.02. The molecular weight excluding hydrogens is 1750 g/mol. The van der Waals surface area contributed by atoms with E-state index in [1.807, 2.05) is 19.0 Å².